The summed E-state index contributed by atoms with van der Waals surface area (Å²) < 4.78 is 2.81. The van der Waals surface area contributed by atoms with Gasteiger partial charge in [-0.2, -0.15) is 0 Å². The largest absolute Gasteiger partial charge is 0.378 e. The van der Waals surface area contributed by atoms with E-state index in [4.69, 9.17) is 0 Å². The molecule has 0 bridgehead atoms. The monoisotopic (exact) mass is 515 g/mol. The van der Waals surface area contributed by atoms with Crippen molar-refractivity contribution in [3.8, 4) is 11.4 Å². The van der Waals surface area contributed by atoms with Crippen molar-refractivity contribution in [2.75, 3.05) is 5.32 Å². The van der Waals surface area contributed by atoms with Crippen molar-refractivity contribution in [2.24, 2.45) is 7.05 Å². The molecule has 1 amide bonds. The predicted molar refractivity (Wildman–Crippen MR) is 135 cm³/mol. The number of aryl methyl sites for hydroxylation is 1. The van der Waals surface area contributed by atoms with Gasteiger partial charge in [0, 0.05) is 53.5 Å². The second-order valence-corrected chi connectivity index (χ2v) is 8.80. The van der Waals surface area contributed by atoms with E-state index in [2.05, 4.69) is 46.5 Å². The molecule has 3 N–H and O–H groups in total. The van der Waals surface area contributed by atoms with E-state index in [1.165, 1.54) is 0 Å². The van der Waals surface area contributed by atoms with Crippen LogP contribution in [0.15, 0.2) is 77.7 Å². The molecule has 0 aliphatic carbocycles. The molecule has 3 heterocycles. The molecule has 0 unspecified atom stereocenters. The molecule has 0 aliphatic heterocycles. The smallest absolute Gasteiger partial charge is 0.251 e. The molecule has 0 atom stereocenters. The molecule has 0 saturated heterocycles. The number of anilines is 1. The Morgan fingerprint density at radius 2 is 1.94 bits per heavy atom. The molecule has 170 valence electrons. The number of nitrogens with one attached hydrogen (secondary N) is 3. The summed E-state index contributed by atoms with van der Waals surface area (Å²) in [4.78, 5) is 29.7. The number of imidazole rings is 2. The third-order valence-electron chi connectivity index (χ3n) is 5.44. The Balaban J connectivity index is 1.46. The van der Waals surface area contributed by atoms with Gasteiger partial charge in [0.05, 0.1) is 12.1 Å². The highest BCUT2D eigenvalue weighted by Gasteiger charge is 2.14. The number of carbonyl (C=O) groups excluding carboxylic acids is 1. The van der Waals surface area contributed by atoms with E-state index in [1.54, 1.807) is 12.4 Å². The summed E-state index contributed by atoms with van der Waals surface area (Å²) in [7, 11) is 1.95. The molecule has 8 nitrogen and oxygen atoms in total. The maximum absolute atomic E-state index is 13.1. The first-order chi connectivity index (χ1) is 16.5. The van der Waals surface area contributed by atoms with Crippen molar-refractivity contribution in [3.05, 3.63) is 94.6 Å². The van der Waals surface area contributed by atoms with Gasteiger partial charge < -0.3 is 20.2 Å². The van der Waals surface area contributed by atoms with Crippen LogP contribution in [-0.4, -0.2) is 30.4 Å². The second kappa shape index (κ2) is 9.48. The summed E-state index contributed by atoms with van der Waals surface area (Å²) >= 11 is 3.44. The molecule has 9 heteroatoms. The number of rotatable bonds is 7. The van der Waals surface area contributed by atoms with Crippen molar-refractivity contribution in [2.45, 2.75) is 13.1 Å². The van der Waals surface area contributed by atoms with Crippen LogP contribution in [0.25, 0.3) is 22.6 Å². The Morgan fingerprint density at radius 1 is 1.09 bits per heavy atom. The number of H-pyrrole nitrogens is 1. The van der Waals surface area contributed by atoms with Crippen molar-refractivity contribution in [3.63, 3.8) is 0 Å². The lowest BCUT2D eigenvalue weighted by Crippen LogP contribution is -2.23. The van der Waals surface area contributed by atoms with Crippen molar-refractivity contribution in [1.29, 1.82) is 0 Å². The predicted octanol–water partition coefficient (Wildman–Crippen LogP) is 4.66. The third kappa shape index (κ3) is 4.84. The summed E-state index contributed by atoms with van der Waals surface area (Å²) in [5, 5.41) is 6.38. The summed E-state index contributed by atoms with van der Waals surface area (Å²) in [6, 6.07) is 17.4. The Labute approximate surface area is 204 Å². The third-order valence-corrected chi connectivity index (χ3v) is 5.87. The molecule has 0 saturated carbocycles. The van der Waals surface area contributed by atoms with E-state index in [0.29, 0.717) is 30.1 Å². The SMILES string of the molecule is Cn1ccnc1CNc1cc(C(=O)NCc2ccccc2)cc(-c2nc3ncc(Br)cc3[nH]2)c1. The Morgan fingerprint density at radius 3 is 2.74 bits per heavy atom. The van der Waals surface area contributed by atoms with Crippen LogP contribution in [0.3, 0.4) is 0 Å². The highest BCUT2D eigenvalue weighted by Crippen LogP contribution is 2.26. The van der Waals surface area contributed by atoms with Crippen LogP contribution in [0.5, 0.6) is 0 Å². The van der Waals surface area contributed by atoms with E-state index in [0.717, 1.165) is 32.6 Å². The van der Waals surface area contributed by atoms with Gasteiger partial charge in [-0.25, -0.2) is 15.0 Å². The standard InChI is InChI=1S/C25H22BrN7O/c1-33-8-7-27-22(33)15-28-20-10-17(23-31-21-12-19(26)14-29-24(21)32-23)9-18(11-20)25(34)30-13-16-5-3-2-4-6-16/h2-12,14,28H,13,15H2,1H3,(H,30,34)(H,29,31,32). The Bertz CT molecular complexity index is 1460. The summed E-state index contributed by atoms with van der Waals surface area (Å²) in [5.41, 5.74) is 4.56. The number of pyridine rings is 1. The summed E-state index contributed by atoms with van der Waals surface area (Å²) in [6.07, 6.45) is 5.37. The lowest BCUT2D eigenvalue weighted by atomic mass is 10.1. The zero-order valence-corrected chi connectivity index (χ0v) is 20.0. The molecule has 5 aromatic rings. The van der Waals surface area contributed by atoms with E-state index in [-0.39, 0.29) is 5.91 Å². The number of nitrogens with zero attached hydrogens (tertiary/aromatic N) is 4. The van der Waals surface area contributed by atoms with Crippen molar-refractivity contribution < 1.29 is 4.79 Å². The van der Waals surface area contributed by atoms with E-state index < -0.39 is 0 Å². The van der Waals surface area contributed by atoms with Gasteiger partial charge in [-0.3, -0.25) is 4.79 Å². The van der Waals surface area contributed by atoms with Gasteiger partial charge in [0.15, 0.2) is 5.65 Å². The zero-order valence-electron chi connectivity index (χ0n) is 18.4. The number of fused-ring (bicyclic) bond motifs is 1. The second-order valence-electron chi connectivity index (χ2n) is 7.89. The molecular weight excluding hydrogens is 494 g/mol. The number of aromatic nitrogens is 5. The molecule has 0 aliphatic rings. The molecule has 0 fully saturated rings. The molecule has 0 radical (unpaired) electrons. The van der Waals surface area contributed by atoms with Gasteiger partial charge in [0.2, 0.25) is 0 Å². The van der Waals surface area contributed by atoms with Crippen LogP contribution >= 0.6 is 15.9 Å². The average molecular weight is 516 g/mol. The number of carbonyl (C=O) groups is 1. The summed E-state index contributed by atoms with van der Waals surface area (Å²) in [5.74, 6) is 1.36. The number of aromatic amines is 1. The van der Waals surface area contributed by atoms with Gasteiger partial charge in [-0.15, -0.1) is 0 Å². The van der Waals surface area contributed by atoms with Crippen LogP contribution < -0.4 is 10.6 Å². The fourth-order valence-corrected chi connectivity index (χ4v) is 3.97. The molecule has 3 aromatic heterocycles. The van der Waals surface area contributed by atoms with Gasteiger partial charge in [0.25, 0.3) is 5.91 Å². The van der Waals surface area contributed by atoms with Gasteiger partial charge in [0.1, 0.15) is 11.6 Å². The van der Waals surface area contributed by atoms with Crippen LogP contribution in [0.4, 0.5) is 5.69 Å². The summed E-state index contributed by atoms with van der Waals surface area (Å²) in [6.45, 7) is 0.967. The van der Waals surface area contributed by atoms with Crippen LogP contribution in [0.1, 0.15) is 21.7 Å². The van der Waals surface area contributed by atoms with Crippen LogP contribution in [-0.2, 0) is 20.1 Å². The minimum absolute atomic E-state index is 0.164. The average Bonchev–Trinajstić information content (AvgIpc) is 3.47. The van der Waals surface area contributed by atoms with Crippen molar-refractivity contribution in [1.82, 2.24) is 29.8 Å². The Hall–Kier alpha value is -3.98. The van der Waals surface area contributed by atoms with E-state index >= 15 is 0 Å². The first kappa shape index (κ1) is 21.8. The number of halogens is 1. The fourth-order valence-electron chi connectivity index (χ4n) is 3.64. The van der Waals surface area contributed by atoms with Crippen molar-refractivity contribution >= 4 is 38.7 Å². The zero-order chi connectivity index (χ0) is 23.5. The van der Waals surface area contributed by atoms with Gasteiger partial charge in [-0.1, -0.05) is 30.3 Å². The molecule has 2 aromatic carbocycles. The highest BCUT2D eigenvalue weighted by atomic mass is 79.9. The maximum Gasteiger partial charge on any atom is 0.251 e. The number of amides is 1. The number of benzene rings is 2. The normalized spacial score (nSPS) is 11.0. The van der Waals surface area contributed by atoms with Gasteiger partial charge in [-0.05, 0) is 45.8 Å². The van der Waals surface area contributed by atoms with Gasteiger partial charge >= 0.3 is 0 Å². The molecule has 5 rings (SSSR count). The molecule has 0 spiro atoms. The molecular formula is C25H22BrN7O. The topological polar surface area (TPSA) is 101 Å². The lowest BCUT2D eigenvalue weighted by Gasteiger charge is -2.12. The number of hydrogen-bond donors (Lipinski definition) is 3. The maximum atomic E-state index is 13.1. The molecule has 34 heavy (non-hydrogen) atoms. The van der Waals surface area contributed by atoms with Crippen LogP contribution in [0, 0.1) is 0 Å². The van der Waals surface area contributed by atoms with Crippen LogP contribution in [0.2, 0.25) is 0 Å². The highest BCUT2D eigenvalue weighted by molar-refractivity contribution is 9.10. The van der Waals surface area contributed by atoms with E-state index in [9.17, 15) is 4.79 Å². The number of hydrogen-bond acceptors (Lipinski definition) is 5. The van der Waals surface area contributed by atoms with E-state index in [1.807, 2.05) is 72.4 Å². The lowest BCUT2D eigenvalue weighted by molar-refractivity contribution is 0.0951. The first-order valence-corrected chi connectivity index (χ1v) is 11.5. The minimum Gasteiger partial charge on any atom is -0.378 e. The minimum atomic E-state index is -0.164. The first-order valence-electron chi connectivity index (χ1n) is 10.7. The Kier molecular flexibility index (Phi) is 6.09. The quantitative estimate of drug-likeness (QED) is 0.292. The fraction of sp³-hybridized carbons (Fsp3) is 0.120.